The average molecular weight is 207 g/mol. The molecule has 0 amide bonds. The van der Waals surface area contributed by atoms with Crippen LogP contribution in [0.1, 0.15) is 52.4 Å². The van der Waals surface area contributed by atoms with Gasteiger partial charge in [-0.15, -0.1) is 11.6 Å². The second-order valence-corrected chi connectivity index (χ2v) is 4.87. The maximum atomic E-state index is 8.83. The van der Waals surface area contributed by atoms with Gasteiger partial charge in [-0.1, -0.05) is 33.1 Å². The van der Waals surface area contributed by atoms with E-state index in [0.29, 0.717) is 12.0 Å². The van der Waals surface area contributed by atoms with Gasteiger partial charge in [0.05, 0.1) is 0 Å². The van der Waals surface area contributed by atoms with E-state index in [9.17, 15) is 0 Å². The minimum atomic E-state index is 0.314. The van der Waals surface area contributed by atoms with E-state index >= 15 is 0 Å². The van der Waals surface area contributed by atoms with E-state index in [4.69, 9.17) is 16.7 Å². The molecule has 80 valence electrons. The van der Waals surface area contributed by atoms with Crippen molar-refractivity contribution in [2.75, 3.05) is 12.5 Å². The van der Waals surface area contributed by atoms with Crippen LogP contribution in [0.4, 0.5) is 0 Å². The van der Waals surface area contributed by atoms with Crippen LogP contribution in [0.15, 0.2) is 0 Å². The second kappa shape index (κ2) is 7.64. The molecule has 0 aromatic carbocycles. The van der Waals surface area contributed by atoms with Crippen LogP contribution in [0.2, 0.25) is 0 Å². The molecule has 0 unspecified atom stereocenters. The largest absolute Gasteiger partial charge is 0.396 e. The lowest BCUT2D eigenvalue weighted by atomic mass is 9.84. The minimum Gasteiger partial charge on any atom is -0.396 e. The molecule has 0 spiro atoms. The molecule has 0 radical (unpaired) electrons. The first-order chi connectivity index (χ1) is 6.12. The van der Waals surface area contributed by atoms with Crippen LogP contribution in [0.25, 0.3) is 0 Å². The maximum Gasteiger partial charge on any atom is 0.0436 e. The predicted molar refractivity (Wildman–Crippen MR) is 59.3 cm³/mol. The molecule has 0 saturated carbocycles. The zero-order chi connectivity index (χ0) is 10.2. The zero-order valence-electron chi connectivity index (χ0n) is 8.98. The average Bonchev–Trinajstić information content (AvgIpc) is 2.04. The molecule has 0 aliphatic rings. The van der Waals surface area contributed by atoms with Crippen LogP contribution < -0.4 is 0 Å². The lowest BCUT2D eigenvalue weighted by Gasteiger charge is -2.23. The number of unbranched alkanes of at least 4 members (excludes halogenated alkanes) is 3. The maximum absolute atomic E-state index is 8.83. The van der Waals surface area contributed by atoms with Crippen molar-refractivity contribution < 1.29 is 5.11 Å². The van der Waals surface area contributed by atoms with E-state index in [2.05, 4.69) is 13.8 Å². The van der Waals surface area contributed by atoms with Crippen molar-refractivity contribution in [2.24, 2.45) is 5.41 Å². The summed E-state index contributed by atoms with van der Waals surface area (Å²) in [4.78, 5) is 0. The normalized spacial score (nSPS) is 12.0. The third-order valence-corrected chi connectivity index (χ3v) is 2.79. The standard InChI is InChI=1S/C11H23ClO/c1-11(2,8-10-13)7-5-3-4-6-9-12/h13H,3-10H2,1-2H3. The van der Waals surface area contributed by atoms with Gasteiger partial charge in [0, 0.05) is 12.5 Å². The summed E-state index contributed by atoms with van der Waals surface area (Å²) < 4.78 is 0. The number of aliphatic hydroxyl groups excluding tert-OH is 1. The number of hydrogen-bond donors (Lipinski definition) is 1. The Hall–Kier alpha value is 0.250. The molecular weight excluding hydrogens is 184 g/mol. The van der Waals surface area contributed by atoms with Gasteiger partial charge in [0.1, 0.15) is 0 Å². The van der Waals surface area contributed by atoms with E-state index in [1.54, 1.807) is 0 Å². The summed E-state index contributed by atoms with van der Waals surface area (Å²) in [6.07, 6.45) is 7.07. The van der Waals surface area contributed by atoms with Crippen LogP contribution in [0, 0.1) is 5.41 Å². The molecular formula is C11H23ClO. The molecule has 0 fully saturated rings. The van der Waals surface area contributed by atoms with Crippen LogP contribution in [0.5, 0.6) is 0 Å². The minimum absolute atomic E-state index is 0.314. The molecule has 0 aliphatic carbocycles. The van der Waals surface area contributed by atoms with Crippen molar-refractivity contribution in [3.05, 3.63) is 0 Å². The molecule has 0 aromatic rings. The second-order valence-electron chi connectivity index (χ2n) is 4.49. The Labute approximate surface area is 87.5 Å². The Bertz CT molecular complexity index is 113. The summed E-state index contributed by atoms with van der Waals surface area (Å²) in [7, 11) is 0. The Morgan fingerprint density at radius 3 is 2.15 bits per heavy atom. The van der Waals surface area contributed by atoms with E-state index in [-0.39, 0.29) is 0 Å². The summed E-state index contributed by atoms with van der Waals surface area (Å²) in [5.41, 5.74) is 0.315. The molecule has 1 nitrogen and oxygen atoms in total. The molecule has 13 heavy (non-hydrogen) atoms. The quantitative estimate of drug-likeness (QED) is 0.476. The number of rotatable bonds is 8. The highest BCUT2D eigenvalue weighted by Gasteiger charge is 2.15. The van der Waals surface area contributed by atoms with Crippen LogP contribution >= 0.6 is 11.6 Å². The van der Waals surface area contributed by atoms with E-state index in [0.717, 1.165) is 18.7 Å². The van der Waals surface area contributed by atoms with E-state index in [1.165, 1.54) is 25.7 Å². The van der Waals surface area contributed by atoms with Gasteiger partial charge >= 0.3 is 0 Å². The first kappa shape index (κ1) is 13.2. The fourth-order valence-electron chi connectivity index (χ4n) is 1.48. The summed E-state index contributed by atoms with van der Waals surface area (Å²) in [5, 5.41) is 8.83. The molecule has 1 N–H and O–H groups in total. The van der Waals surface area contributed by atoms with E-state index < -0.39 is 0 Å². The van der Waals surface area contributed by atoms with Crippen LogP contribution in [-0.4, -0.2) is 17.6 Å². The fraction of sp³-hybridized carbons (Fsp3) is 1.00. The van der Waals surface area contributed by atoms with Crippen molar-refractivity contribution in [2.45, 2.75) is 52.4 Å². The van der Waals surface area contributed by atoms with Crippen molar-refractivity contribution in [1.82, 2.24) is 0 Å². The molecule has 0 bridgehead atoms. The predicted octanol–water partition coefficient (Wildman–Crippen LogP) is 3.58. The summed E-state index contributed by atoms with van der Waals surface area (Å²) in [6.45, 7) is 4.77. The highest BCUT2D eigenvalue weighted by Crippen LogP contribution is 2.27. The monoisotopic (exact) mass is 206 g/mol. The van der Waals surface area contributed by atoms with Crippen LogP contribution in [-0.2, 0) is 0 Å². The first-order valence-corrected chi connectivity index (χ1v) is 5.83. The number of alkyl halides is 1. The Morgan fingerprint density at radius 2 is 1.62 bits per heavy atom. The molecule has 2 heteroatoms. The van der Waals surface area contributed by atoms with Crippen molar-refractivity contribution in [3.63, 3.8) is 0 Å². The van der Waals surface area contributed by atoms with Gasteiger partial charge in [-0.05, 0) is 24.7 Å². The summed E-state index contributed by atoms with van der Waals surface area (Å²) in [5.74, 6) is 0.792. The first-order valence-electron chi connectivity index (χ1n) is 5.29. The van der Waals surface area contributed by atoms with Gasteiger partial charge in [-0.2, -0.15) is 0 Å². The highest BCUT2D eigenvalue weighted by atomic mass is 35.5. The number of hydrogen-bond acceptors (Lipinski definition) is 1. The lowest BCUT2D eigenvalue weighted by Crippen LogP contribution is -2.12. The van der Waals surface area contributed by atoms with E-state index in [1.807, 2.05) is 0 Å². The Kier molecular flexibility index (Phi) is 7.78. The summed E-state index contributed by atoms with van der Waals surface area (Å²) in [6, 6.07) is 0. The topological polar surface area (TPSA) is 20.2 Å². The Morgan fingerprint density at radius 1 is 1.00 bits per heavy atom. The van der Waals surface area contributed by atoms with Gasteiger partial charge in [-0.25, -0.2) is 0 Å². The molecule has 0 aliphatic heterocycles. The molecule has 0 heterocycles. The lowest BCUT2D eigenvalue weighted by molar-refractivity contribution is 0.198. The summed E-state index contributed by atoms with van der Waals surface area (Å²) >= 11 is 5.59. The molecule has 0 aromatic heterocycles. The third-order valence-electron chi connectivity index (χ3n) is 2.53. The highest BCUT2D eigenvalue weighted by molar-refractivity contribution is 6.17. The smallest absolute Gasteiger partial charge is 0.0436 e. The third kappa shape index (κ3) is 8.58. The van der Waals surface area contributed by atoms with Gasteiger partial charge < -0.3 is 5.11 Å². The van der Waals surface area contributed by atoms with Gasteiger partial charge in [-0.3, -0.25) is 0 Å². The fourth-order valence-corrected chi connectivity index (χ4v) is 1.67. The van der Waals surface area contributed by atoms with Crippen molar-refractivity contribution in [1.29, 1.82) is 0 Å². The van der Waals surface area contributed by atoms with Gasteiger partial charge in [0.15, 0.2) is 0 Å². The molecule has 0 saturated heterocycles. The molecule has 0 atom stereocenters. The van der Waals surface area contributed by atoms with Crippen molar-refractivity contribution >= 4 is 11.6 Å². The van der Waals surface area contributed by atoms with Crippen molar-refractivity contribution in [3.8, 4) is 0 Å². The Balaban J connectivity index is 3.29. The van der Waals surface area contributed by atoms with Crippen LogP contribution in [0.3, 0.4) is 0 Å². The number of aliphatic hydroxyl groups is 1. The zero-order valence-corrected chi connectivity index (χ0v) is 9.74. The van der Waals surface area contributed by atoms with Gasteiger partial charge in [0.2, 0.25) is 0 Å². The molecule has 0 rings (SSSR count). The number of halogens is 1. The SMILES string of the molecule is CC(C)(CCO)CCCCCCCl. The van der Waals surface area contributed by atoms with Gasteiger partial charge in [0.25, 0.3) is 0 Å².